The van der Waals surface area contributed by atoms with Gasteiger partial charge in [-0.1, -0.05) is 106 Å². The standard InChI is InChI=1S/C30H25N2O.C19H26NSi.Ir/c1-2-4-21(5-3-1)27-10-9-25-26-18-23(8-11-29(26)33-30(25)32-27)28-17-20(12-13-31-28)16-24-15-19-6-7-22(24)14-19;1-19(2,3)13-16-12-17(15-10-8-7-9-11-15)20-14-18(16)21(4,5)6;/h1-5,9-13,17-19,22,24H,6-7,14-16H2;7-10,12,14H,13H2,1-6H3;/q2*-1;. The molecule has 2 aliphatic carbocycles. The van der Waals surface area contributed by atoms with Crippen LogP contribution in [0.15, 0.2) is 114 Å². The minimum Gasteiger partial charge on any atom is -0.486 e. The molecule has 2 aliphatic rings. The van der Waals surface area contributed by atoms with Gasteiger partial charge in [-0.15, -0.1) is 59.7 Å². The quantitative estimate of drug-likeness (QED) is 0.118. The third-order valence-corrected chi connectivity index (χ3v) is 13.4. The molecule has 0 amide bonds. The van der Waals surface area contributed by atoms with E-state index in [0.29, 0.717) is 5.71 Å². The summed E-state index contributed by atoms with van der Waals surface area (Å²) >= 11 is 0. The van der Waals surface area contributed by atoms with Crippen LogP contribution in [0.2, 0.25) is 19.6 Å². The Labute approximate surface area is 341 Å². The van der Waals surface area contributed by atoms with E-state index in [1.807, 2.05) is 48.7 Å². The van der Waals surface area contributed by atoms with E-state index < -0.39 is 8.07 Å². The molecule has 2 fully saturated rings. The van der Waals surface area contributed by atoms with E-state index >= 15 is 0 Å². The second-order valence-corrected chi connectivity index (χ2v) is 22.9. The fraction of sp³-hybridized carbons (Fsp3) is 0.327. The summed E-state index contributed by atoms with van der Waals surface area (Å²) in [7, 11) is -1.37. The number of fused-ring (bicyclic) bond motifs is 5. The van der Waals surface area contributed by atoms with E-state index in [4.69, 9.17) is 14.4 Å². The van der Waals surface area contributed by atoms with E-state index in [-0.39, 0.29) is 25.5 Å². The van der Waals surface area contributed by atoms with Gasteiger partial charge in [0.15, 0.2) is 0 Å². The van der Waals surface area contributed by atoms with Gasteiger partial charge in [-0.3, -0.25) is 0 Å². The van der Waals surface area contributed by atoms with Gasteiger partial charge in [-0.05, 0) is 90.0 Å². The number of aromatic nitrogens is 3. The Morgan fingerprint density at radius 2 is 1.58 bits per heavy atom. The van der Waals surface area contributed by atoms with E-state index in [1.165, 1.54) is 48.4 Å². The third-order valence-electron chi connectivity index (χ3n) is 11.3. The molecule has 0 spiro atoms. The van der Waals surface area contributed by atoms with Gasteiger partial charge in [0.25, 0.3) is 0 Å². The van der Waals surface area contributed by atoms with Crippen molar-refractivity contribution in [2.45, 2.75) is 78.9 Å². The van der Waals surface area contributed by atoms with Gasteiger partial charge in [0.05, 0.1) is 19.4 Å². The van der Waals surface area contributed by atoms with Crippen molar-refractivity contribution in [3.63, 3.8) is 0 Å². The predicted octanol–water partition coefficient (Wildman–Crippen LogP) is 12.2. The van der Waals surface area contributed by atoms with Crippen LogP contribution in [0.5, 0.6) is 0 Å². The van der Waals surface area contributed by atoms with Crippen LogP contribution in [0.25, 0.3) is 55.8 Å². The number of hydrogen-bond acceptors (Lipinski definition) is 4. The predicted molar refractivity (Wildman–Crippen MR) is 226 cm³/mol. The van der Waals surface area contributed by atoms with Crippen LogP contribution < -0.4 is 5.19 Å². The van der Waals surface area contributed by atoms with E-state index in [9.17, 15) is 0 Å². The van der Waals surface area contributed by atoms with Gasteiger partial charge in [0.1, 0.15) is 0 Å². The summed E-state index contributed by atoms with van der Waals surface area (Å²) in [5.41, 5.74) is 10.7. The van der Waals surface area contributed by atoms with Crippen LogP contribution in [-0.4, -0.2) is 23.0 Å². The van der Waals surface area contributed by atoms with Crippen molar-refractivity contribution >= 4 is 35.3 Å². The molecule has 6 heteroatoms. The van der Waals surface area contributed by atoms with Crippen LogP contribution in [0.3, 0.4) is 0 Å². The number of benzene rings is 3. The summed E-state index contributed by atoms with van der Waals surface area (Å²) in [6.45, 7) is 14.1. The minimum atomic E-state index is -1.37. The zero-order chi connectivity index (χ0) is 37.5. The molecule has 7 aromatic rings. The second-order valence-electron chi connectivity index (χ2n) is 17.8. The topological polar surface area (TPSA) is 51.8 Å². The number of nitrogens with zero attached hydrogens (tertiary/aromatic N) is 3. The molecule has 0 saturated heterocycles. The summed E-state index contributed by atoms with van der Waals surface area (Å²) < 4.78 is 6.08. The van der Waals surface area contributed by atoms with Crippen molar-refractivity contribution in [3.05, 3.63) is 133 Å². The first-order valence-corrected chi connectivity index (χ1v) is 23.2. The van der Waals surface area contributed by atoms with Crippen LogP contribution in [0.1, 0.15) is 57.6 Å². The van der Waals surface area contributed by atoms with Crippen molar-refractivity contribution in [2.24, 2.45) is 23.2 Å². The zero-order valence-corrected chi connectivity index (χ0v) is 36.3. The molecule has 55 heavy (non-hydrogen) atoms. The van der Waals surface area contributed by atoms with Crippen LogP contribution in [-0.2, 0) is 32.9 Å². The average Bonchev–Trinajstić information content (AvgIpc) is 3.89. The maximum atomic E-state index is 6.08. The maximum absolute atomic E-state index is 6.08. The monoisotopic (exact) mass is 918 g/mol. The molecule has 283 valence electrons. The molecule has 9 rings (SSSR count). The van der Waals surface area contributed by atoms with Gasteiger partial charge in [0.2, 0.25) is 5.71 Å². The van der Waals surface area contributed by atoms with Gasteiger partial charge < -0.3 is 14.4 Å². The van der Waals surface area contributed by atoms with Crippen LogP contribution >= 0.6 is 0 Å². The molecule has 4 heterocycles. The summed E-state index contributed by atoms with van der Waals surface area (Å²) in [6.07, 6.45) is 12.1. The number of furan rings is 1. The van der Waals surface area contributed by atoms with Crippen molar-refractivity contribution in [2.75, 3.05) is 0 Å². The number of hydrogen-bond donors (Lipinski definition) is 0. The molecule has 3 atom stereocenters. The Kier molecular flexibility index (Phi) is 11.4. The fourth-order valence-electron chi connectivity index (χ4n) is 8.79. The van der Waals surface area contributed by atoms with Crippen LogP contribution in [0.4, 0.5) is 0 Å². The Bertz CT molecular complexity index is 2390. The third kappa shape index (κ3) is 8.93. The van der Waals surface area contributed by atoms with E-state index in [2.05, 4.69) is 118 Å². The average molecular weight is 918 g/mol. The molecule has 3 unspecified atom stereocenters. The summed E-state index contributed by atoms with van der Waals surface area (Å²) in [5.74, 6) is 2.79. The van der Waals surface area contributed by atoms with Gasteiger partial charge >= 0.3 is 0 Å². The molecule has 4 nitrogen and oxygen atoms in total. The molecule has 0 N–H and O–H groups in total. The molecule has 0 aliphatic heterocycles. The Hall–Kier alpha value is -4.22. The molecule has 4 aromatic heterocycles. The van der Waals surface area contributed by atoms with Crippen molar-refractivity contribution in [1.29, 1.82) is 0 Å². The van der Waals surface area contributed by atoms with E-state index in [0.717, 1.165) is 74.3 Å². The van der Waals surface area contributed by atoms with Crippen LogP contribution in [0, 0.1) is 35.3 Å². The normalized spacial score (nSPS) is 17.9. The largest absolute Gasteiger partial charge is 0.486 e. The fourth-order valence-corrected chi connectivity index (χ4v) is 10.4. The molecule has 1 radical (unpaired) electrons. The minimum absolute atomic E-state index is 0. The first-order chi connectivity index (χ1) is 26.0. The first-order valence-electron chi connectivity index (χ1n) is 19.7. The zero-order valence-electron chi connectivity index (χ0n) is 33.0. The summed E-state index contributed by atoms with van der Waals surface area (Å²) in [5, 5.41) is 3.57. The van der Waals surface area contributed by atoms with Gasteiger partial charge in [-0.2, -0.15) is 0 Å². The molecule has 3 aromatic carbocycles. The molecule has 2 saturated carbocycles. The Balaban J connectivity index is 0.000000185. The number of pyridine rings is 3. The second kappa shape index (κ2) is 16.1. The van der Waals surface area contributed by atoms with Gasteiger partial charge in [-0.25, -0.2) is 4.98 Å². The summed E-state index contributed by atoms with van der Waals surface area (Å²) in [6, 6.07) is 39.9. The smallest absolute Gasteiger partial charge is 0.216 e. The van der Waals surface area contributed by atoms with Crippen molar-refractivity contribution in [3.8, 4) is 33.8 Å². The SMILES string of the molecule is CC(C)(C)Cc1cc(-c2[c-]cccc2)ncc1[Si](C)(C)C.[Ir].[c-]1cc2oc3nc(-c4ccccc4)ccc3c2cc1-c1cc(CC2CC3CCC2C3)ccn1. The molecular weight excluding hydrogens is 867 g/mol. The molecule has 2 bridgehead atoms. The van der Waals surface area contributed by atoms with E-state index in [1.54, 1.807) is 0 Å². The summed E-state index contributed by atoms with van der Waals surface area (Å²) in [4.78, 5) is 14.2. The van der Waals surface area contributed by atoms with Crippen molar-refractivity contribution < 1.29 is 24.5 Å². The maximum Gasteiger partial charge on any atom is 0.216 e. The Morgan fingerprint density at radius 1 is 0.782 bits per heavy atom. The Morgan fingerprint density at radius 3 is 2.29 bits per heavy atom. The van der Waals surface area contributed by atoms with Gasteiger partial charge in [0, 0.05) is 43.4 Å². The number of rotatable bonds is 7. The molecular formula is C49H51IrN3OSi-2. The van der Waals surface area contributed by atoms with Crippen molar-refractivity contribution in [1.82, 2.24) is 15.0 Å². The first kappa shape index (κ1) is 39.0.